The molecule has 1 aliphatic heterocycles. The third-order valence-corrected chi connectivity index (χ3v) is 9.83. The number of ketones is 1. The molecule has 0 radical (unpaired) electrons. The first kappa shape index (κ1) is 26.4. The van der Waals surface area contributed by atoms with Gasteiger partial charge in [-0.3, -0.25) is 9.69 Å². The maximum Gasteiger partial charge on any atom is 0.269 e. The van der Waals surface area contributed by atoms with E-state index in [0.29, 0.717) is 24.3 Å². The minimum Gasteiger partial charge on any atom is -0.361 e. The molecule has 0 saturated carbocycles. The molecule has 0 bridgehead atoms. The van der Waals surface area contributed by atoms with Gasteiger partial charge in [0, 0.05) is 73.1 Å². The molecule has 1 saturated heterocycles. The summed E-state index contributed by atoms with van der Waals surface area (Å²) in [6, 6.07) is 25.4. The maximum absolute atomic E-state index is 13.8. The first-order valence-corrected chi connectivity index (χ1v) is 15.5. The summed E-state index contributed by atoms with van der Waals surface area (Å²) < 4.78 is 29.0. The van der Waals surface area contributed by atoms with E-state index >= 15 is 0 Å². The van der Waals surface area contributed by atoms with E-state index in [1.54, 1.807) is 36.7 Å². The molecule has 7 rings (SSSR count). The zero-order valence-electron chi connectivity index (χ0n) is 23.2. The number of piperidine rings is 1. The Kier molecular flexibility index (Phi) is 6.52. The second kappa shape index (κ2) is 10.4. The predicted octanol–water partition coefficient (Wildman–Crippen LogP) is 6.56. The highest BCUT2D eigenvalue weighted by Crippen LogP contribution is 2.36. The van der Waals surface area contributed by atoms with E-state index in [-0.39, 0.29) is 4.90 Å². The minimum atomic E-state index is -3.88. The van der Waals surface area contributed by atoms with Crippen LogP contribution in [0.2, 0.25) is 0 Å². The number of aryl methyl sites for hydroxylation is 1. The van der Waals surface area contributed by atoms with Crippen LogP contribution in [0.15, 0.2) is 102 Å². The number of aromatic nitrogens is 3. The van der Waals surface area contributed by atoms with Crippen LogP contribution in [0.5, 0.6) is 0 Å². The van der Waals surface area contributed by atoms with E-state index in [1.807, 2.05) is 37.4 Å². The Bertz CT molecular complexity index is 2050. The van der Waals surface area contributed by atoms with Gasteiger partial charge in [0.15, 0.2) is 5.65 Å². The summed E-state index contributed by atoms with van der Waals surface area (Å²) >= 11 is 0. The quantitative estimate of drug-likeness (QED) is 0.243. The number of nitrogens with zero attached hydrogens (tertiary/aromatic N) is 3. The number of hydrogen-bond acceptors (Lipinski definition) is 5. The minimum absolute atomic E-state index is 0.220. The fourth-order valence-electron chi connectivity index (χ4n) is 5.72. The average Bonchev–Trinajstić information content (AvgIpc) is 3.63. The van der Waals surface area contributed by atoms with E-state index in [1.165, 1.54) is 9.54 Å². The van der Waals surface area contributed by atoms with Crippen LogP contribution in [0.25, 0.3) is 44.2 Å². The molecule has 4 heterocycles. The van der Waals surface area contributed by atoms with Gasteiger partial charge in [0.1, 0.15) is 5.78 Å². The SMILES string of the molecule is Cc1ccc(S(=O)(=O)n2cc(-c3ccc4[nH]ccc4c3)c3cc(-c4ccc(CN5CCC(=O)CC5)cc4)cnc32)cc1. The van der Waals surface area contributed by atoms with Crippen molar-refractivity contribution in [1.29, 1.82) is 0 Å². The van der Waals surface area contributed by atoms with Crippen molar-refractivity contribution in [3.8, 4) is 22.3 Å². The lowest BCUT2D eigenvalue weighted by Gasteiger charge is -2.25. The van der Waals surface area contributed by atoms with Crippen LogP contribution < -0.4 is 0 Å². The van der Waals surface area contributed by atoms with Crippen LogP contribution in [0.1, 0.15) is 24.0 Å². The Morgan fingerprint density at radius 1 is 0.857 bits per heavy atom. The molecule has 7 nitrogen and oxygen atoms in total. The molecule has 1 aliphatic rings. The molecule has 0 unspecified atom stereocenters. The number of carbonyl (C=O) groups excluding carboxylic acids is 1. The van der Waals surface area contributed by atoms with Crippen LogP contribution in [-0.2, 0) is 21.4 Å². The molecular formula is C34H30N4O3S. The molecule has 1 fully saturated rings. The summed E-state index contributed by atoms with van der Waals surface area (Å²) in [5.74, 6) is 0.345. The summed E-state index contributed by atoms with van der Waals surface area (Å²) in [6.07, 6.45) is 6.59. The monoisotopic (exact) mass is 574 g/mol. The van der Waals surface area contributed by atoms with Crippen molar-refractivity contribution in [3.63, 3.8) is 0 Å². The molecule has 42 heavy (non-hydrogen) atoms. The van der Waals surface area contributed by atoms with Crippen LogP contribution >= 0.6 is 0 Å². The zero-order valence-corrected chi connectivity index (χ0v) is 24.1. The fraction of sp³-hybridized carbons (Fsp3) is 0.176. The highest BCUT2D eigenvalue weighted by atomic mass is 32.2. The molecule has 6 aromatic rings. The summed E-state index contributed by atoms with van der Waals surface area (Å²) in [4.78, 5) is 22.1. The third kappa shape index (κ3) is 4.82. The lowest BCUT2D eigenvalue weighted by molar-refractivity contribution is -0.121. The van der Waals surface area contributed by atoms with Gasteiger partial charge in [-0.15, -0.1) is 0 Å². The Balaban J connectivity index is 1.31. The Morgan fingerprint density at radius 3 is 2.36 bits per heavy atom. The van der Waals surface area contributed by atoms with Crippen molar-refractivity contribution in [1.82, 2.24) is 18.8 Å². The van der Waals surface area contributed by atoms with E-state index in [4.69, 9.17) is 4.98 Å². The second-order valence-corrected chi connectivity index (χ2v) is 12.9. The van der Waals surface area contributed by atoms with E-state index < -0.39 is 10.0 Å². The van der Waals surface area contributed by atoms with E-state index in [2.05, 4.69) is 40.2 Å². The second-order valence-electron chi connectivity index (χ2n) is 11.0. The van der Waals surface area contributed by atoms with Crippen LogP contribution in [0.3, 0.4) is 0 Å². The number of rotatable bonds is 6. The summed E-state index contributed by atoms with van der Waals surface area (Å²) in [7, 11) is -3.88. The van der Waals surface area contributed by atoms with E-state index in [9.17, 15) is 13.2 Å². The number of H-pyrrole nitrogens is 1. The number of aromatic amines is 1. The molecular weight excluding hydrogens is 544 g/mol. The summed E-state index contributed by atoms with van der Waals surface area (Å²) in [6.45, 7) is 4.36. The van der Waals surface area contributed by atoms with Gasteiger partial charge in [-0.25, -0.2) is 17.4 Å². The summed E-state index contributed by atoms with van der Waals surface area (Å²) in [5, 5.41) is 1.81. The Hall–Kier alpha value is -4.53. The zero-order chi connectivity index (χ0) is 28.8. The number of nitrogens with one attached hydrogen (secondary N) is 1. The van der Waals surface area contributed by atoms with Gasteiger partial charge in [-0.05, 0) is 65.4 Å². The number of fused-ring (bicyclic) bond motifs is 2. The number of likely N-dealkylation sites (tertiary alicyclic amines) is 1. The first-order chi connectivity index (χ1) is 20.3. The highest BCUT2D eigenvalue weighted by molar-refractivity contribution is 7.90. The number of Topliss-reactive ketones (excluding diaryl/α,β-unsaturated/α-hetero) is 1. The first-order valence-electron chi connectivity index (χ1n) is 14.1. The van der Waals surface area contributed by atoms with Gasteiger partial charge in [-0.2, -0.15) is 0 Å². The van der Waals surface area contributed by atoms with E-state index in [0.717, 1.165) is 63.7 Å². The topological polar surface area (TPSA) is 88.1 Å². The molecule has 8 heteroatoms. The van der Waals surface area contributed by atoms with Crippen molar-refractivity contribution >= 4 is 37.7 Å². The van der Waals surface area contributed by atoms with Crippen molar-refractivity contribution in [2.75, 3.05) is 13.1 Å². The van der Waals surface area contributed by atoms with Crippen LogP contribution in [0, 0.1) is 6.92 Å². The Labute approximate surface area is 244 Å². The van der Waals surface area contributed by atoms with Gasteiger partial charge >= 0.3 is 0 Å². The molecule has 3 aromatic heterocycles. The lowest BCUT2D eigenvalue weighted by Crippen LogP contribution is -2.33. The largest absolute Gasteiger partial charge is 0.361 e. The molecule has 3 aromatic carbocycles. The molecule has 210 valence electrons. The molecule has 0 amide bonds. The molecule has 1 N–H and O–H groups in total. The standard InChI is InChI=1S/C34H30N4O3S/c1-23-2-9-30(10-3-23)42(40,41)38-22-32(26-8-11-33-27(18-26)12-15-35-33)31-19-28(20-36-34(31)38)25-6-4-24(5-7-25)21-37-16-13-29(39)14-17-37/h2-12,15,18-20,22,35H,13-14,16-17,21H2,1H3. The average molecular weight is 575 g/mol. The number of pyridine rings is 1. The van der Waals surface area contributed by atoms with Crippen molar-refractivity contribution < 1.29 is 13.2 Å². The van der Waals surface area contributed by atoms with Gasteiger partial charge in [-0.1, -0.05) is 48.0 Å². The van der Waals surface area contributed by atoms with Crippen molar-refractivity contribution in [3.05, 3.63) is 109 Å². The Morgan fingerprint density at radius 2 is 1.60 bits per heavy atom. The summed E-state index contributed by atoms with van der Waals surface area (Å²) in [5.41, 5.74) is 7.22. The maximum atomic E-state index is 13.8. The predicted molar refractivity (Wildman–Crippen MR) is 166 cm³/mol. The van der Waals surface area contributed by atoms with Crippen LogP contribution in [0.4, 0.5) is 0 Å². The highest BCUT2D eigenvalue weighted by Gasteiger charge is 2.24. The van der Waals surface area contributed by atoms with Crippen LogP contribution in [-0.4, -0.2) is 46.1 Å². The van der Waals surface area contributed by atoms with Gasteiger partial charge < -0.3 is 4.98 Å². The van der Waals surface area contributed by atoms with Crippen molar-refractivity contribution in [2.45, 2.75) is 31.2 Å². The lowest BCUT2D eigenvalue weighted by atomic mass is 10.0. The molecule has 0 aliphatic carbocycles. The number of benzene rings is 3. The fourth-order valence-corrected chi connectivity index (χ4v) is 7.04. The van der Waals surface area contributed by atoms with Gasteiger partial charge in [0.2, 0.25) is 0 Å². The molecule has 0 atom stereocenters. The molecule has 0 spiro atoms. The third-order valence-electron chi connectivity index (χ3n) is 8.16. The normalized spacial score (nSPS) is 14.6. The van der Waals surface area contributed by atoms with Crippen molar-refractivity contribution in [2.24, 2.45) is 0 Å². The van der Waals surface area contributed by atoms with Gasteiger partial charge in [0.25, 0.3) is 10.0 Å². The van der Waals surface area contributed by atoms with Gasteiger partial charge in [0.05, 0.1) is 4.90 Å². The number of hydrogen-bond donors (Lipinski definition) is 1. The smallest absolute Gasteiger partial charge is 0.269 e. The number of carbonyl (C=O) groups is 1.